The third-order valence-corrected chi connectivity index (χ3v) is 3.62. The summed E-state index contributed by atoms with van der Waals surface area (Å²) in [5, 5.41) is 0.797. The lowest BCUT2D eigenvalue weighted by Gasteiger charge is -2.15. The first kappa shape index (κ1) is 15.0. The number of carbonyl (C=O) groups excluding carboxylic acids is 1. The van der Waals surface area contributed by atoms with Crippen LogP contribution in [0.2, 0.25) is 0 Å². The molecule has 0 saturated carbocycles. The fourth-order valence-electron chi connectivity index (χ4n) is 1.76. The monoisotopic (exact) mass is 267 g/mol. The van der Waals surface area contributed by atoms with Crippen LogP contribution in [0.1, 0.15) is 30.3 Å². The van der Waals surface area contributed by atoms with E-state index in [1.165, 1.54) is 0 Å². The number of rotatable bonds is 5. The Morgan fingerprint density at radius 2 is 1.83 bits per heavy atom. The van der Waals surface area contributed by atoms with Crippen molar-refractivity contribution in [3.63, 3.8) is 0 Å². The molecule has 0 N–H and O–H groups in total. The van der Waals surface area contributed by atoms with Gasteiger partial charge in [0.05, 0.1) is 0 Å². The maximum absolute atomic E-state index is 11.8. The highest BCUT2D eigenvalue weighted by Crippen LogP contribution is 2.17. The van der Waals surface area contributed by atoms with E-state index in [4.69, 9.17) is 0 Å². The smallest absolute Gasteiger partial charge is 0.222 e. The molecule has 0 saturated heterocycles. The maximum Gasteiger partial charge on any atom is 0.222 e. The average Bonchev–Trinajstić information content (AvgIpc) is 2.36. The van der Waals surface area contributed by atoms with Crippen LogP contribution in [0.4, 0.5) is 0 Å². The van der Waals surface area contributed by atoms with Gasteiger partial charge in [0, 0.05) is 31.4 Å². The summed E-state index contributed by atoms with van der Waals surface area (Å²) in [4.78, 5) is 22.4. The third-order valence-electron chi connectivity index (χ3n) is 3.07. The molecule has 1 heterocycles. The Morgan fingerprint density at radius 1 is 1.28 bits per heavy atom. The number of thioether (sulfide) groups is 1. The highest BCUT2D eigenvalue weighted by Gasteiger charge is 2.12. The molecule has 0 aliphatic carbocycles. The molecule has 0 fully saturated rings. The molecule has 5 heteroatoms. The minimum absolute atomic E-state index is 0.172. The summed E-state index contributed by atoms with van der Waals surface area (Å²) in [6.07, 6.45) is 3.21. The summed E-state index contributed by atoms with van der Waals surface area (Å²) >= 11 is 1.54. The third kappa shape index (κ3) is 3.70. The Labute approximate surface area is 113 Å². The van der Waals surface area contributed by atoms with Gasteiger partial charge in [-0.1, -0.05) is 11.8 Å². The van der Waals surface area contributed by atoms with Crippen LogP contribution in [0, 0.1) is 13.8 Å². The summed E-state index contributed by atoms with van der Waals surface area (Å²) in [5.41, 5.74) is 3.07. The second-order valence-corrected chi connectivity index (χ2v) is 5.04. The lowest BCUT2D eigenvalue weighted by molar-refractivity contribution is -0.129. The van der Waals surface area contributed by atoms with Gasteiger partial charge < -0.3 is 4.90 Å². The van der Waals surface area contributed by atoms with Crippen molar-refractivity contribution in [3.8, 4) is 0 Å². The predicted molar refractivity (Wildman–Crippen MR) is 74.9 cm³/mol. The molecule has 0 atom stereocenters. The minimum Gasteiger partial charge on any atom is -0.346 e. The Kier molecular flexibility index (Phi) is 5.59. The number of aromatic nitrogens is 2. The van der Waals surface area contributed by atoms with Gasteiger partial charge >= 0.3 is 0 Å². The number of nitrogens with zero attached hydrogens (tertiary/aromatic N) is 3. The predicted octanol–water partition coefficient (Wildman–Crippen LogP) is 2.23. The van der Waals surface area contributed by atoms with Crippen LogP contribution in [-0.4, -0.2) is 40.6 Å². The van der Waals surface area contributed by atoms with E-state index >= 15 is 0 Å². The van der Waals surface area contributed by atoms with Crippen molar-refractivity contribution in [2.75, 3.05) is 19.8 Å². The van der Waals surface area contributed by atoms with Crippen LogP contribution >= 0.6 is 11.8 Å². The van der Waals surface area contributed by atoms with Gasteiger partial charge in [0.25, 0.3) is 0 Å². The van der Waals surface area contributed by atoms with E-state index in [0.29, 0.717) is 6.42 Å². The Balaban J connectivity index is 2.77. The summed E-state index contributed by atoms with van der Waals surface area (Å²) in [7, 11) is 1.83. The van der Waals surface area contributed by atoms with Crippen LogP contribution in [-0.2, 0) is 11.2 Å². The van der Waals surface area contributed by atoms with E-state index in [-0.39, 0.29) is 5.91 Å². The Hall–Kier alpha value is -1.10. The van der Waals surface area contributed by atoms with E-state index in [1.54, 1.807) is 16.7 Å². The molecule has 0 aromatic carbocycles. The Morgan fingerprint density at radius 3 is 2.28 bits per heavy atom. The first-order chi connectivity index (χ1) is 8.49. The van der Waals surface area contributed by atoms with E-state index in [0.717, 1.165) is 35.1 Å². The zero-order chi connectivity index (χ0) is 13.7. The first-order valence-electron chi connectivity index (χ1n) is 6.11. The van der Waals surface area contributed by atoms with Crippen LogP contribution in [0.3, 0.4) is 0 Å². The topological polar surface area (TPSA) is 46.1 Å². The van der Waals surface area contributed by atoms with Gasteiger partial charge in [-0.3, -0.25) is 4.79 Å². The molecule has 0 aliphatic heterocycles. The van der Waals surface area contributed by atoms with Gasteiger partial charge in [-0.15, -0.1) is 0 Å². The molecule has 1 aromatic heterocycles. The first-order valence-corrected chi connectivity index (χ1v) is 7.34. The van der Waals surface area contributed by atoms with Gasteiger partial charge in [-0.05, 0) is 39.0 Å². The molecule has 1 rings (SSSR count). The van der Waals surface area contributed by atoms with Gasteiger partial charge in [0.15, 0.2) is 5.16 Å². The van der Waals surface area contributed by atoms with Gasteiger partial charge in [-0.2, -0.15) is 0 Å². The second kappa shape index (κ2) is 6.73. The molecule has 0 unspecified atom stereocenters. The fourth-order valence-corrected chi connectivity index (χ4v) is 2.22. The van der Waals surface area contributed by atoms with Crippen LogP contribution in [0.15, 0.2) is 5.16 Å². The zero-order valence-electron chi connectivity index (χ0n) is 11.8. The summed E-state index contributed by atoms with van der Waals surface area (Å²) in [6.45, 7) is 6.69. The van der Waals surface area contributed by atoms with Crippen molar-refractivity contribution in [1.82, 2.24) is 14.9 Å². The van der Waals surface area contributed by atoms with E-state index < -0.39 is 0 Å². The van der Waals surface area contributed by atoms with Crippen LogP contribution in [0.5, 0.6) is 0 Å². The lowest BCUT2D eigenvalue weighted by atomic mass is 10.1. The van der Waals surface area contributed by atoms with E-state index in [1.807, 2.05) is 34.1 Å². The van der Waals surface area contributed by atoms with Gasteiger partial charge in [-0.25, -0.2) is 9.97 Å². The molecule has 1 amide bonds. The van der Waals surface area contributed by atoms with Gasteiger partial charge in [0.1, 0.15) is 0 Å². The number of amides is 1. The standard InChI is InChI=1S/C13H21N3OS/c1-6-16(4)12(17)8-7-11-9(2)14-13(18-5)15-10(11)3/h6-8H2,1-5H3. The Bertz CT molecular complexity index is 411. The van der Waals surface area contributed by atoms with Crippen molar-refractivity contribution < 1.29 is 4.79 Å². The molecule has 4 nitrogen and oxygen atoms in total. The molecule has 0 bridgehead atoms. The number of hydrogen-bond acceptors (Lipinski definition) is 4. The lowest BCUT2D eigenvalue weighted by Crippen LogP contribution is -2.26. The molecule has 100 valence electrons. The quantitative estimate of drug-likeness (QED) is 0.606. The second-order valence-electron chi connectivity index (χ2n) is 4.27. The number of hydrogen-bond donors (Lipinski definition) is 0. The summed E-state index contributed by atoms with van der Waals surface area (Å²) in [5.74, 6) is 0.172. The molecule has 0 radical (unpaired) electrons. The normalized spacial score (nSPS) is 10.5. The van der Waals surface area contributed by atoms with Crippen LogP contribution in [0.25, 0.3) is 0 Å². The van der Waals surface area contributed by atoms with E-state index in [9.17, 15) is 4.79 Å². The molecule has 0 spiro atoms. The SMILES string of the molecule is CCN(C)C(=O)CCc1c(C)nc(SC)nc1C. The molecular weight excluding hydrogens is 246 g/mol. The van der Waals surface area contributed by atoms with Crippen molar-refractivity contribution in [3.05, 3.63) is 17.0 Å². The van der Waals surface area contributed by atoms with Crippen molar-refractivity contribution in [2.24, 2.45) is 0 Å². The van der Waals surface area contributed by atoms with Crippen molar-refractivity contribution in [1.29, 1.82) is 0 Å². The van der Waals surface area contributed by atoms with Crippen LogP contribution < -0.4 is 0 Å². The number of aryl methyl sites for hydroxylation is 2. The van der Waals surface area contributed by atoms with Crippen molar-refractivity contribution in [2.45, 2.75) is 38.8 Å². The molecule has 18 heavy (non-hydrogen) atoms. The molecule has 0 aliphatic rings. The molecular formula is C13H21N3OS. The fraction of sp³-hybridized carbons (Fsp3) is 0.615. The zero-order valence-corrected chi connectivity index (χ0v) is 12.6. The maximum atomic E-state index is 11.8. The summed E-state index contributed by atoms with van der Waals surface area (Å²) < 4.78 is 0. The number of carbonyl (C=O) groups is 1. The highest BCUT2D eigenvalue weighted by molar-refractivity contribution is 7.98. The highest BCUT2D eigenvalue weighted by atomic mass is 32.2. The summed E-state index contributed by atoms with van der Waals surface area (Å²) in [6, 6.07) is 0. The average molecular weight is 267 g/mol. The van der Waals surface area contributed by atoms with Crippen molar-refractivity contribution >= 4 is 17.7 Å². The van der Waals surface area contributed by atoms with E-state index in [2.05, 4.69) is 9.97 Å². The van der Waals surface area contributed by atoms with Gasteiger partial charge in [0.2, 0.25) is 5.91 Å². The molecule has 1 aromatic rings. The largest absolute Gasteiger partial charge is 0.346 e. The minimum atomic E-state index is 0.172.